The van der Waals surface area contributed by atoms with E-state index in [1.165, 1.54) is 0 Å². The molecule has 1 aromatic heterocycles. The van der Waals surface area contributed by atoms with Crippen LogP contribution in [0, 0.1) is 5.92 Å². The Balaban J connectivity index is 3.32. The molecule has 0 aromatic carbocycles. The molecule has 3 atom stereocenters. The minimum absolute atomic E-state index is 0.151. The maximum atomic E-state index is 12.5. The van der Waals surface area contributed by atoms with Crippen LogP contribution in [0.25, 0.3) is 0 Å². The first-order valence-corrected chi connectivity index (χ1v) is 8.91. The SMILES string of the molecule is CCOC(=O)C(C(=O)OCC)C(OCC)C(c1ccccn1)C(C)Cl. The molecule has 0 saturated heterocycles. The van der Waals surface area contributed by atoms with Gasteiger partial charge in [-0.3, -0.25) is 14.6 Å². The molecule has 25 heavy (non-hydrogen) atoms. The number of hydrogen-bond acceptors (Lipinski definition) is 6. The lowest BCUT2D eigenvalue weighted by atomic mass is 9.85. The predicted molar refractivity (Wildman–Crippen MR) is 94.5 cm³/mol. The van der Waals surface area contributed by atoms with Crippen molar-refractivity contribution >= 4 is 23.5 Å². The van der Waals surface area contributed by atoms with Crippen LogP contribution in [0.4, 0.5) is 0 Å². The second kappa shape index (κ2) is 11.1. The highest BCUT2D eigenvalue weighted by Crippen LogP contribution is 2.33. The van der Waals surface area contributed by atoms with Crippen molar-refractivity contribution in [3.8, 4) is 0 Å². The topological polar surface area (TPSA) is 74.7 Å². The van der Waals surface area contributed by atoms with Gasteiger partial charge in [-0.2, -0.15) is 0 Å². The molecule has 0 N–H and O–H groups in total. The molecule has 0 saturated carbocycles. The highest BCUT2D eigenvalue weighted by atomic mass is 35.5. The van der Waals surface area contributed by atoms with E-state index in [2.05, 4.69) is 4.98 Å². The fourth-order valence-corrected chi connectivity index (χ4v) is 2.94. The number of carbonyl (C=O) groups excluding carboxylic acids is 2. The lowest BCUT2D eigenvalue weighted by Crippen LogP contribution is -2.44. The van der Waals surface area contributed by atoms with Gasteiger partial charge in [0.25, 0.3) is 0 Å². The lowest BCUT2D eigenvalue weighted by Gasteiger charge is -2.32. The molecule has 1 heterocycles. The molecule has 1 aromatic rings. The third-order valence-electron chi connectivity index (χ3n) is 3.65. The smallest absolute Gasteiger partial charge is 0.323 e. The number of ether oxygens (including phenoxy) is 3. The van der Waals surface area contributed by atoms with Gasteiger partial charge in [-0.25, -0.2) is 0 Å². The summed E-state index contributed by atoms with van der Waals surface area (Å²) in [6.07, 6.45) is 0.791. The number of carbonyl (C=O) groups is 2. The molecule has 0 amide bonds. The van der Waals surface area contributed by atoms with Crippen LogP contribution in [-0.4, -0.2) is 48.2 Å². The minimum atomic E-state index is -1.23. The Hall–Kier alpha value is -1.66. The molecule has 140 valence electrons. The number of pyridine rings is 1. The van der Waals surface area contributed by atoms with E-state index in [4.69, 9.17) is 25.8 Å². The zero-order chi connectivity index (χ0) is 18.8. The van der Waals surface area contributed by atoms with Crippen LogP contribution in [0.1, 0.15) is 39.3 Å². The number of nitrogens with zero attached hydrogens (tertiary/aromatic N) is 1. The number of aromatic nitrogens is 1. The third-order valence-corrected chi connectivity index (χ3v) is 3.92. The van der Waals surface area contributed by atoms with E-state index < -0.39 is 35.3 Å². The molecule has 1 rings (SSSR count). The fourth-order valence-electron chi connectivity index (χ4n) is 2.67. The summed E-state index contributed by atoms with van der Waals surface area (Å²) in [7, 11) is 0. The molecule has 0 bridgehead atoms. The summed E-state index contributed by atoms with van der Waals surface area (Å²) in [5, 5.41) is -0.433. The quantitative estimate of drug-likeness (QED) is 0.357. The van der Waals surface area contributed by atoms with E-state index >= 15 is 0 Å². The van der Waals surface area contributed by atoms with Crippen molar-refractivity contribution in [3.05, 3.63) is 30.1 Å². The summed E-state index contributed by atoms with van der Waals surface area (Å²) >= 11 is 6.39. The molecule has 0 aliphatic rings. The van der Waals surface area contributed by atoms with Crippen LogP contribution in [0.15, 0.2) is 24.4 Å². The number of hydrogen-bond donors (Lipinski definition) is 0. The molecule has 7 heteroatoms. The Morgan fingerprint density at radius 1 is 1.08 bits per heavy atom. The summed E-state index contributed by atoms with van der Waals surface area (Å²) in [6.45, 7) is 7.52. The van der Waals surface area contributed by atoms with Crippen molar-refractivity contribution in [2.45, 2.75) is 45.1 Å². The third kappa shape index (κ3) is 5.97. The van der Waals surface area contributed by atoms with Crippen molar-refractivity contribution in [1.82, 2.24) is 4.98 Å². The second-order valence-electron chi connectivity index (χ2n) is 5.36. The zero-order valence-electron chi connectivity index (χ0n) is 15.1. The largest absolute Gasteiger partial charge is 0.465 e. The van der Waals surface area contributed by atoms with E-state index in [0.29, 0.717) is 12.3 Å². The van der Waals surface area contributed by atoms with Crippen LogP contribution >= 0.6 is 11.6 Å². The number of alkyl halides is 1. The van der Waals surface area contributed by atoms with Crippen LogP contribution in [-0.2, 0) is 23.8 Å². The Morgan fingerprint density at radius 2 is 1.68 bits per heavy atom. The van der Waals surface area contributed by atoms with Gasteiger partial charge in [-0.15, -0.1) is 11.6 Å². The lowest BCUT2D eigenvalue weighted by molar-refractivity contribution is -0.170. The molecule has 0 aliphatic heterocycles. The van der Waals surface area contributed by atoms with Crippen LogP contribution in [0.3, 0.4) is 0 Å². The summed E-state index contributed by atoms with van der Waals surface area (Å²) in [6, 6.07) is 5.40. The van der Waals surface area contributed by atoms with E-state index in [1.54, 1.807) is 46.0 Å². The van der Waals surface area contributed by atoms with Gasteiger partial charge in [0.1, 0.15) is 0 Å². The molecule has 0 aliphatic carbocycles. The van der Waals surface area contributed by atoms with Crippen LogP contribution in [0.2, 0.25) is 0 Å². The standard InChI is InChI=1S/C18H26ClNO5/c1-5-23-16(14(12(4)19)13-10-8-9-11-20-13)15(17(21)24-6-2)18(22)25-7-3/h8-12,14-16H,5-7H2,1-4H3. The van der Waals surface area contributed by atoms with Gasteiger partial charge in [-0.1, -0.05) is 6.07 Å². The van der Waals surface area contributed by atoms with E-state index in [1.807, 2.05) is 6.07 Å². The van der Waals surface area contributed by atoms with Gasteiger partial charge in [-0.05, 0) is 39.8 Å². The number of esters is 2. The molecular weight excluding hydrogens is 346 g/mol. The first-order chi connectivity index (χ1) is 12.0. The normalized spacial score (nSPS) is 14.6. The Morgan fingerprint density at radius 3 is 2.08 bits per heavy atom. The Kier molecular flexibility index (Phi) is 9.45. The maximum absolute atomic E-state index is 12.5. The Labute approximate surface area is 153 Å². The van der Waals surface area contributed by atoms with Gasteiger partial charge in [0.2, 0.25) is 0 Å². The highest BCUT2D eigenvalue weighted by Gasteiger charge is 2.45. The van der Waals surface area contributed by atoms with Crippen molar-refractivity contribution in [2.75, 3.05) is 19.8 Å². The van der Waals surface area contributed by atoms with Crippen LogP contribution < -0.4 is 0 Å². The summed E-state index contributed by atoms with van der Waals surface area (Å²) < 4.78 is 16.0. The molecule has 0 radical (unpaired) electrons. The van der Waals surface area contributed by atoms with E-state index in [9.17, 15) is 9.59 Å². The van der Waals surface area contributed by atoms with Gasteiger partial charge < -0.3 is 14.2 Å². The highest BCUT2D eigenvalue weighted by molar-refractivity contribution is 6.21. The predicted octanol–water partition coefficient (Wildman–Crippen LogP) is 2.94. The van der Waals surface area contributed by atoms with Crippen molar-refractivity contribution in [1.29, 1.82) is 0 Å². The maximum Gasteiger partial charge on any atom is 0.323 e. The minimum Gasteiger partial charge on any atom is -0.465 e. The summed E-state index contributed by atoms with van der Waals surface area (Å²) in [4.78, 5) is 29.3. The molecule has 3 unspecified atom stereocenters. The first-order valence-electron chi connectivity index (χ1n) is 8.47. The van der Waals surface area contributed by atoms with Crippen molar-refractivity contribution in [2.24, 2.45) is 5.92 Å². The van der Waals surface area contributed by atoms with Crippen LogP contribution in [0.5, 0.6) is 0 Å². The van der Waals surface area contributed by atoms with E-state index in [-0.39, 0.29) is 13.2 Å². The van der Waals surface area contributed by atoms with Gasteiger partial charge in [0.05, 0.1) is 19.3 Å². The number of rotatable bonds is 10. The van der Waals surface area contributed by atoms with Gasteiger partial charge >= 0.3 is 11.9 Å². The fraction of sp³-hybridized carbons (Fsp3) is 0.611. The average molecular weight is 372 g/mol. The average Bonchev–Trinajstić information content (AvgIpc) is 2.56. The van der Waals surface area contributed by atoms with Crippen molar-refractivity contribution < 1.29 is 23.8 Å². The number of halogens is 1. The van der Waals surface area contributed by atoms with E-state index in [0.717, 1.165) is 0 Å². The molecule has 6 nitrogen and oxygen atoms in total. The molecule has 0 fully saturated rings. The van der Waals surface area contributed by atoms with Gasteiger partial charge in [0, 0.05) is 29.8 Å². The summed E-state index contributed by atoms with van der Waals surface area (Å²) in [5.74, 6) is -3.08. The zero-order valence-corrected chi connectivity index (χ0v) is 15.9. The van der Waals surface area contributed by atoms with Crippen molar-refractivity contribution in [3.63, 3.8) is 0 Å². The Bertz CT molecular complexity index is 520. The molecule has 0 spiro atoms. The summed E-state index contributed by atoms with van der Waals surface area (Å²) in [5.41, 5.74) is 0.641. The molecular formula is C18H26ClNO5. The first kappa shape index (κ1) is 21.4. The monoisotopic (exact) mass is 371 g/mol. The second-order valence-corrected chi connectivity index (χ2v) is 6.05. The van der Waals surface area contributed by atoms with Gasteiger partial charge in [0.15, 0.2) is 5.92 Å².